The van der Waals surface area contributed by atoms with Gasteiger partial charge in [0.05, 0.1) is 11.6 Å². The van der Waals surface area contributed by atoms with Crippen molar-refractivity contribution in [2.45, 2.75) is 25.7 Å². The average molecular weight is 429 g/mol. The molecule has 0 spiro atoms. The molecule has 160 valence electrons. The smallest absolute Gasteiger partial charge is 0.231 e. The number of hydrogen-bond donors (Lipinski definition) is 0. The molecule has 0 atom stereocenters. The lowest BCUT2D eigenvalue weighted by Crippen LogP contribution is -2.46. The molecular weight excluding hydrogens is 400 g/mol. The van der Waals surface area contributed by atoms with E-state index in [0.29, 0.717) is 11.6 Å². The average Bonchev–Trinajstić information content (AvgIpc) is 2.80. The third kappa shape index (κ3) is 5.83. The van der Waals surface area contributed by atoms with Crippen molar-refractivity contribution in [3.63, 3.8) is 0 Å². The zero-order valence-electron chi connectivity index (χ0n) is 17.3. The molecule has 0 unspecified atom stereocenters. The van der Waals surface area contributed by atoms with E-state index in [-0.39, 0.29) is 0 Å². The maximum atomic E-state index is 6.12. The molecule has 1 aliphatic carbocycles. The summed E-state index contributed by atoms with van der Waals surface area (Å²) in [6, 6.07) is 7.61. The van der Waals surface area contributed by atoms with Crippen LogP contribution in [0.15, 0.2) is 72.2 Å². The summed E-state index contributed by atoms with van der Waals surface area (Å²) in [7, 11) is 0. The fourth-order valence-electron chi connectivity index (χ4n) is 3.79. The van der Waals surface area contributed by atoms with E-state index in [1.807, 2.05) is 24.3 Å². The second kappa shape index (κ2) is 10.6. The van der Waals surface area contributed by atoms with Gasteiger partial charge in [-0.25, -0.2) is 0 Å². The highest BCUT2D eigenvalue weighted by Crippen LogP contribution is 2.25. The molecule has 30 heavy (non-hydrogen) atoms. The Labute approximate surface area is 183 Å². The number of para-hydroxylation sites is 1. The molecule has 1 fully saturated rings. The van der Waals surface area contributed by atoms with Gasteiger partial charge in [-0.3, -0.25) is 4.90 Å². The van der Waals surface area contributed by atoms with Crippen LogP contribution in [0, 0.1) is 0 Å². The van der Waals surface area contributed by atoms with Crippen molar-refractivity contribution in [1.29, 1.82) is 0 Å². The first kappa shape index (κ1) is 20.9. The number of halogens is 1. The highest BCUT2D eigenvalue weighted by atomic mass is 35.5. The summed E-state index contributed by atoms with van der Waals surface area (Å²) in [5.74, 6) is 2.43. The van der Waals surface area contributed by atoms with E-state index in [2.05, 4.69) is 28.0 Å². The highest BCUT2D eigenvalue weighted by Gasteiger charge is 2.22. The molecule has 0 aromatic heterocycles. The van der Waals surface area contributed by atoms with E-state index in [4.69, 9.17) is 25.8 Å². The maximum Gasteiger partial charge on any atom is 0.231 e. The Morgan fingerprint density at radius 3 is 2.63 bits per heavy atom. The monoisotopic (exact) mass is 428 g/mol. The Hall–Kier alpha value is -2.37. The van der Waals surface area contributed by atoms with Gasteiger partial charge in [-0.1, -0.05) is 47.5 Å². The minimum Gasteiger partial charge on any atom is -0.492 e. The van der Waals surface area contributed by atoms with E-state index >= 15 is 0 Å². The lowest BCUT2D eigenvalue weighted by molar-refractivity contribution is 0.0806. The first-order valence-corrected chi connectivity index (χ1v) is 11.1. The normalized spacial score (nSPS) is 19.4. The molecule has 2 heterocycles. The maximum absolute atomic E-state index is 6.12. The number of ether oxygens (including phenoxy) is 3. The van der Waals surface area contributed by atoms with Gasteiger partial charge in [0.1, 0.15) is 17.8 Å². The predicted octanol–water partition coefficient (Wildman–Crippen LogP) is 5.08. The van der Waals surface area contributed by atoms with E-state index in [9.17, 15) is 0 Å². The quantitative estimate of drug-likeness (QED) is 0.539. The molecule has 1 aromatic carbocycles. The first-order valence-electron chi connectivity index (χ1n) is 10.7. The number of benzene rings is 1. The van der Waals surface area contributed by atoms with E-state index in [0.717, 1.165) is 75.8 Å². The number of hydrogen-bond acceptors (Lipinski definition) is 5. The molecule has 1 saturated heterocycles. The Morgan fingerprint density at radius 2 is 1.90 bits per heavy atom. The van der Waals surface area contributed by atoms with Gasteiger partial charge in [0.25, 0.3) is 0 Å². The zero-order valence-corrected chi connectivity index (χ0v) is 18.0. The van der Waals surface area contributed by atoms with E-state index < -0.39 is 0 Å². The van der Waals surface area contributed by atoms with Crippen LogP contribution in [0.1, 0.15) is 25.7 Å². The molecule has 0 radical (unpaired) electrons. The van der Waals surface area contributed by atoms with Gasteiger partial charge in [-0.2, -0.15) is 0 Å². The summed E-state index contributed by atoms with van der Waals surface area (Å²) in [5, 5.41) is 0.665. The SMILES string of the molecule is Clc1ccccc1OCCCN1CCN(C2=COC(CC3=CC=CCC3)=CO2)CC1. The molecule has 0 N–H and O–H groups in total. The van der Waals surface area contributed by atoms with Crippen LogP contribution in [-0.4, -0.2) is 49.1 Å². The van der Waals surface area contributed by atoms with Crippen LogP contribution in [0.3, 0.4) is 0 Å². The molecule has 1 aromatic rings. The third-order valence-electron chi connectivity index (χ3n) is 5.52. The molecule has 0 bridgehead atoms. The number of allylic oxidation sites excluding steroid dienone is 4. The van der Waals surface area contributed by atoms with Gasteiger partial charge in [-0.05, 0) is 31.4 Å². The standard InChI is InChI=1S/C24H29ClN2O3/c25-22-9-4-5-10-23(22)28-16-6-11-26-12-14-27(15-13-26)24-19-29-21(18-30-24)17-20-7-2-1-3-8-20/h1-2,4-5,7,9-10,18-19H,3,6,8,11-17H2. The van der Waals surface area contributed by atoms with Crippen molar-refractivity contribution in [3.8, 4) is 5.75 Å². The van der Waals surface area contributed by atoms with Crippen LogP contribution < -0.4 is 4.74 Å². The zero-order chi connectivity index (χ0) is 20.6. The van der Waals surface area contributed by atoms with Crippen molar-refractivity contribution in [1.82, 2.24) is 9.80 Å². The molecule has 6 heteroatoms. The van der Waals surface area contributed by atoms with Crippen LogP contribution in [-0.2, 0) is 9.47 Å². The Kier molecular flexibility index (Phi) is 7.38. The topological polar surface area (TPSA) is 34.2 Å². The fraction of sp³-hybridized carbons (Fsp3) is 0.417. The summed E-state index contributed by atoms with van der Waals surface area (Å²) in [5.41, 5.74) is 1.39. The molecule has 3 aliphatic rings. The summed E-state index contributed by atoms with van der Waals surface area (Å²) < 4.78 is 17.5. The van der Waals surface area contributed by atoms with Gasteiger partial charge < -0.3 is 19.1 Å². The minimum absolute atomic E-state index is 0.665. The van der Waals surface area contributed by atoms with Crippen molar-refractivity contribution >= 4 is 11.6 Å². The Morgan fingerprint density at radius 1 is 1.03 bits per heavy atom. The van der Waals surface area contributed by atoms with Crippen molar-refractivity contribution in [2.24, 2.45) is 0 Å². The van der Waals surface area contributed by atoms with Gasteiger partial charge >= 0.3 is 0 Å². The van der Waals surface area contributed by atoms with Crippen LogP contribution in [0.5, 0.6) is 5.75 Å². The molecule has 2 aliphatic heterocycles. The predicted molar refractivity (Wildman–Crippen MR) is 119 cm³/mol. The van der Waals surface area contributed by atoms with Gasteiger partial charge in [0.15, 0.2) is 6.26 Å². The molecule has 0 amide bonds. The fourth-order valence-corrected chi connectivity index (χ4v) is 3.98. The Balaban J connectivity index is 1.13. The molecule has 0 saturated carbocycles. The van der Waals surface area contributed by atoms with Gasteiger partial charge in [-0.15, -0.1) is 0 Å². The number of nitrogens with zero attached hydrogens (tertiary/aromatic N) is 2. The van der Waals surface area contributed by atoms with Crippen LogP contribution in [0.2, 0.25) is 5.02 Å². The highest BCUT2D eigenvalue weighted by molar-refractivity contribution is 6.32. The number of piperazine rings is 1. The van der Waals surface area contributed by atoms with Gasteiger partial charge in [0.2, 0.25) is 5.88 Å². The lowest BCUT2D eigenvalue weighted by Gasteiger charge is -2.36. The van der Waals surface area contributed by atoms with Crippen molar-refractivity contribution in [3.05, 3.63) is 77.3 Å². The molecule has 4 rings (SSSR count). The molecular formula is C24H29ClN2O3. The number of rotatable bonds is 8. The second-order valence-corrected chi connectivity index (χ2v) is 8.11. The summed E-state index contributed by atoms with van der Waals surface area (Å²) in [6.07, 6.45) is 14.0. The van der Waals surface area contributed by atoms with Crippen molar-refractivity contribution < 1.29 is 14.2 Å². The third-order valence-corrected chi connectivity index (χ3v) is 5.83. The molecule has 5 nitrogen and oxygen atoms in total. The Bertz CT molecular complexity index is 839. The van der Waals surface area contributed by atoms with E-state index in [1.54, 1.807) is 12.5 Å². The van der Waals surface area contributed by atoms with Crippen molar-refractivity contribution in [2.75, 3.05) is 39.3 Å². The summed E-state index contributed by atoms with van der Waals surface area (Å²) >= 11 is 6.12. The first-order chi connectivity index (χ1) is 14.8. The lowest BCUT2D eigenvalue weighted by atomic mass is 10.0. The van der Waals surface area contributed by atoms with Gasteiger partial charge in [0, 0.05) is 39.1 Å². The van der Waals surface area contributed by atoms with Crippen LogP contribution in [0.4, 0.5) is 0 Å². The summed E-state index contributed by atoms with van der Waals surface area (Å²) in [6.45, 7) is 5.55. The summed E-state index contributed by atoms with van der Waals surface area (Å²) in [4.78, 5) is 4.70. The van der Waals surface area contributed by atoms with E-state index in [1.165, 1.54) is 5.57 Å². The van der Waals surface area contributed by atoms with Crippen LogP contribution >= 0.6 is 11.6 Å². The van der Waals surface area contributed by atoms with Crippen LogP contribution in [0.25, 0.3) is 0 Å². The largest absolute Gasteiger partial charge is 0.492 e. The minimum atomic E-state index is 0.665. The second-order valence-electron chi connectivity index (χ2n) is 7.71.